The Morgan fingerprint density at radius 3 is 2.68 bits per heavy atom. The van der Waals surface area contributed by atoms with Gasteiger partial charge in [-0.05, 0) is 6.42 Å². The van der Waals surface area contributed by atoms with E-state index in [1.165, 1.54) is 19.2 Å². The van der Waals surface area contributed by atoms with Gasteiger partial charge in [-0.1, -0.05) is 0 Å². The largest absolute Gasteiger partial charge is 0.481 e. The minimum atomic E-state index is -4.24. The molecule has 1 heterocycles. The predicted molar refractivity (Wildman–Crippen MR) is 61.2 cm³/mol. The second kappa shape index (κ2) is 6.21. The van der Waals surface area contributed by atoms with Gasteiger partial charge < -0.3 is 10.1 Å². The summed E-state index contributed by atoms with van der Waals surface area (Å²) in [6.45, 7) is -0.0689. The van der Waals surface area contributed by atoms with E-state index in [-0.39, 0.29) is 30.4 Å². The van der Waals surface area contributed by atoms with Crippen LogP contribution in [0.4, 0.5) is 24.7 Å². The van der Waals surface area contributed by atoms with Crippen LogP contribution in [0.2, 0.25) is 0 Å². The van der Waals surface area contributed by atoms with Crippen LogP contribution in [0.5, 0.6) is 5.88 Å². The summed E-state index contributed by atoms with van der Waals surface area (Å²) in [6.07, 6.45) is -5.40. The summed E-state index contributed by atoms with van der Waals surface area (Å²) in [6, 6.07) is 2.48. The molecule has 0 aliphatic rings. The summed E-state index contributed by atoms with van der Waals surface area (Å²) in [5.41, 5.74) is -0.312. The molecule has 0 saturated carbocycles. The van der Waals surface area contributed by atoms with Crippen LogP contribution >= 0.6 is 0 Å². The van der Waals surface area contributed by atoms with Gasteiger partial charge in [0, 0.05) is 25.1 Å². The van der Waals surface area contributed by atoms with Crippen molar-refractivity contribution >= 4 is 11.5 Å². The number of alkyl halides is 3. The number of nitro groups is 1. The van der Waals surface area contributed by atoms with Crippen molar-refractivity contribution in [3.8, 4) is 5.88 Å². The number of hydrogen-bond acceptors (Lipinski definition) is 5. The summed E-state index contributed by atoms with van der Waals surface area (Å²) >= 11 is 0. The number of aromatic nitrogens is 1. The van der Waals surface area contributed by atoms with E-state index in [0.717, 1.165) is 0 Å². The van der Waals surface area contributed by atoms with E-state index in [2.05, 4.69) is 10.3 Å². The maximum absolute atomic E-state index is 11.9. The zero-order chi connectivity index (χ0) is 14.5. The van der Waals surface area contributed by atoms with Crippen LogP contribution in [0.1, 0.15) is 12.8 Å². The smallest absolute Gasteiger partial charge is 0.389 e. The summed E-state index contributed by atoms with van der Waals surface area (Å²) in [4.78, 5) is 13.8. The lowest BCUT2D eigenvalue weighted by Crippen LogP contribution is -2.12. The first kappa shape index (κ1) is 15.0. The van der Waals surface area contributed by atoms with Gasteiger partial charge in [-0.25, -0.2) is 0 Å². The SMILES string of the molecule is COc1ccc([N+](=O)[O-])c(NCCCC(F)(F)F)n1. The van der Waals surface area contributed by atoms with E-state index < -0.39 is 17.5 Å². The standard InChI is InChI=1S/C10H12F3N3O3/c1-19-8-4-3-7(16(17)18)9(15-8)14-6-2-5-10(11,12)13/h3-4H,2,5-6H2,1H3,(H,14,15). The third-order valence-electron chi connectivity index (χ3n) is 2.18. The van der Waals surface area contributed by atoms with Crippen molar-refractivity contribution in [1.29, 1.82) is 0 Å². The number of halogens is 3. The normalized spacial score (nSPS) is 11.2. The average Bonchev–Trinajstić information content (AvgIpc) is 2.33. The van der Waals surface area contributed by atoms with Crippen molar-refractivity contribution in [1.82, 2.24) is 4.98 Å². The lowest BCUT2D eigenvalue weighted by molar-refractivity contribution is -0.384. The molecule has 1 aromatic heterocycles. The monoisotopic (exact) mass is 279 g/mol. The molecule has 0 radical (unpaired) electrons. The minimum absolute atomic E-state index is 0.0689. The molecule has 0 aromatic carbocycles. The van der Waals surface area contributed by atoms with Crippen LogP contribution in [0.15, 0.2) is 12.1 Å². The summed E-state index contributed by atoms with van der Waals surface area (Å²) in [5.74, 6) is 0.0374. The summed E-state index contributed by atoms with van der Waals surface area (Å²) < 4.78 is 40.6. The fourth-order valence-electron chi connectivity index (χ4n) is 1.32. The third-order valence-corrected chi connectivity index (χ3v) is 2.18. The fraction of sp³-hybridized carbons (Fsp3) is 0.500. The maximum Gasteiger partial charge on any atom is 0.389 e. The van der Waals surface area contributed by atoms with Crippen LogP contribution < -0.4 is 10.1 Å². The molecular formula is C10H12F3N3O3. The molecule has 0 spiro atoms. The highest BCUT2D eigenvalue weighted by molar-refractivity contribution is 5.56. The van der Waals surface area contributed by atoms with Crippen molar-refractivity contribution in [2.75, 3.05) is 19.0 Å². The molecule has 0 aliphatic carbocycles. The molecule has 0 amide bonds. The first-order valence-electron chi connectivity index (χ1n) is 5.33. The number of nitrogens with zero attached hydrogens (tertiary/aromatic N) is 2. The first-order valence-corrected chi connectivity index (χ1v) is 5.33. The fourth-order valence-corrected chi connectivity index (χ4v) is 1.32. The van der Waals surface area contributed by atoms with Gasteiger partial charge in [-0.15, -0.1) is 0 Å². The molecule has 6 nitrogen and oxygen atoms in total. The highest BCUT2D eigenvalue weighted by Crippen LogP contribution is 2.25. The second-order valence-electron chi connectivity index (χ2n) is 3.62. The van der Waals surface area contributed by atoms with E-state index in [1.807, 2.05) is 0 Å². The van der Waals surface area contributed by atoms with Crippen LogP contribution in [0, 0.1) is 10.1 Å². The summed E-state index contributed by atoms with van der Waals surface area (Å²) in [7, 11) is 1.33. The van der Waals surface area contributed by atoms with Crippen LogP contribution in [-0.4, -0.2) is 29.7 Å². The van der Waals surface area contributed by atoms with E-state index in [4.69, 9.17) is 4.74 Å². The van der Waals surface area contributed by atoms with Crippen molar-refractivity contribution in [2.45, 2.75) is 19.0 Å². The quantitative estimate of drug-likeness (QED) is 0.492. The number of hydrogen-bond donors (Lipinski definition) is 1. The third kappa shape index (κ3) is 4.98. The Labute approximate surface area is 106 Å². The number of methoxy groups -OCH3 is 1. The van der Waals surface area contributed by atoms with E-state index in [0.29, 0.717) is 0 Å². The minimum Gasteiger partial charge on any atom is -0.481 e. The Morgan fingerprint density at radius 1 is 1.47 bits per heavy atom. The van der Waals surface area contributed by atoms with Gasteiger partial charge in [0.05, 0.1) is 12.0 Å². The molecule has 0 unspecified atom stereocenters. The van der Waals surface area contributed by atoms with Gasteiger partial charge in [-0.2, -0.15) is 18.2 Å². The Kier molecular flexibility index (Phi) is 4.90. The highest BCUT2D eigenvalue weighted by atomic mass is 19.4. The maximum atomic E-state index is 11.9. The first-order chi connectivity index (χ1) is 8.83. The van der Waals surface area contributed by atoms with Gasteiger partial charge in [0.1, 0.15) is 0 Å². The molecule has 19 heavy (non-hydrogen) atoms. The lowest BCUT2D eigenvalue weighted by atomic mass is 10.3. The molecule has 0 saturated heterocycles. The molecule has 106 valence electrons. The second-order valence-corrected chi connectivity index (χ2v) is 3.62. The topological polar surface area (TPSA) is 77.3 Å². The number of pyridine rings is 1. The molecule has 0 bridgehead atoms. The summed E-state index contributed by atoms with van der Waals surface area (Å²) in [5, 5.41) is 13.2. The van der Waals surface area contributed by atoms with E-state index >= 15 is 0 Å². The van der Waals surface area contributed by atoms with Gasteiger partial charge in [0.25, 0.3) is 0 Å². The predicted octanol–water partition coefficient (Wildman–Crippen LogP) is 2.75. The molecule has 0 aliphatic heterocycles. The number of ether oxygens (including phenoxy) is 1. The van der Waals surface area contributed by atoms with Crippen molar-refractivity contribution in [3.05, 3.63) is 22.2 Å². The van der Waals surface area contributed by atoms with Crippen LogP contribution in [0.25, 0.3) is 0 Å². The van der Waals surface area contributed by atoms with E-state index in [9.17, 15) is 23.3 Å². The molecule has 1 aromatic rings. The molecular weight excluding hydrogens is 267 g/mol. The Bertz CT molecular complexity index is 451. The van der Waals surface area contributed by atoms with Crippen molar-refractivity contribution < 1.29 is 22.8 Å². The van der Waals surface area contributed by atoms with E-state index in [1.54, 1.807) is 0 Å². The molecule has 0 atom stereocenters. The number of nitrogens with one attached hydrogen (secondary N) is 1. The Balaban J connectivity index is 2.67. The van der Waals surface area contributed by atoms with Crippen LogP contribution in [0.3, 0.4) is 0 Å². The Hall–Kier alpha value is -2.06. The molecule has 1 N–H and O–H groups in total. The lowest BCUT2D eigenvalue weighted by Gasteiger charge is -2.09. The average molecular weight is 279 g/mol. The van der Waals surface area contributed by atoms with Gasteiger partial charge >= 0.3 is 11.9 Å². The Morgan fingerprint density at radius 2 is 2.16 bits per heavy atom. The zero-order valence-electron chi connectivity index (χ0n) is 10.0. The van der Waals surface area contributed by atoms with Crippen LogP contribution in [-0.2, 0) is 0 Å². The van der Waals surface area contributed by atoms with Crippen molar-refractivity contribution in [3.63, 3.8) is 0 Å². The zero-order valence-corrected chi connectivity index (χ0v) is 10.0. The molecule has 1 rings (SSSR count). The van der Waals surface area contributed by atoms with Crippen molar-refractivity contribution in [2.24, 2.45) is 0 Å². The number of anilines is 1. The van der Waals surface area contributed by atoms with Gasteiger partial charge in [0.15, 0.2) is 0 Å². The number of rotatable bonds is 6. The van der Waals surface area contributed by atoms with Gasteiger partial charge in [-0.3, -0.25) is 10.1 Å². The molecule has 0 fully saturated rings. The highest BCUT2D eigenvalue weighted by Gasteiger charge is 2.26. The van der Waals surface area contributed by atoms with Gasteiger partial charge in [0.2, 0.25) is 11.7 Å². The molecule has 9 heteroatoms.